The third kappa shape index (κ3) is 2.31. The zero-order chi connectivity index (χ0) is 13.1. The largest absolute Gasteiger partial charge is 0.378 e. The molecular formula is C8H9N7O3. The first-order chi connectivity index (χ1) is 8.58. The molecule has 0 unspecified atom stereocenters. The molecule has 3 N–H and O–H groups in total. The van der Waals surface area contributed by atoms with Gasteiger partial charge in [0.1, 0.15) is 6.33 Å². The summed E-state index contributed by atoms with van der Waals surface area (Å²) in [5.74, 6) is 0.560. The Balaban J connectivity index is 2.19. The van der Waals surface area contributed by atoms with E-state index in [9.17, 15) is 10.1 Å². The van der Waals surface area contributed by atoms with Crippen molar-refractivity contribution in [2.45, 2.75) is 13.5 Å². The van der Waals surface area contributed by atoms with Crippen molar-refractivity contribution in [3.8, 4) is 0 Å². The number of nitrogen functional groups attached to an aromatic ring is 1. The Morgan fingerprint density at radius 2 is 2.33 bits per heavy atom. The molecule has 2 aromatic rings. The summed E-state index contributed by atoms with van der Waals surface area (Å²) in [6, 6.07) is 0. The highest BCUT2D eigenvalue weighted by molar-refractivity contribution is 5.66. The summed E-state index contributed by atoms with van der Waals surface area (Å²) in [6.45, 7) is 1.77. The molecule has 94 valence electrons. The van der Waals surface area contributed by atoms with Gasteiger partial charge in [0.15, 0.2) is 5.82 Å². The first kappa shape index (κ1) is 11.7. The molecule has 0 aliphatic heterocycles. The van der Waals surface area contributed by atoms with Crippen molar-refractivity contribution >= 4 is 17.3 Å². The molecular weight excluding hydrogens is 242 g/mol. The van der Waals surface area contributed by atoms with Gasteiger partial charge in [-0.2, -0.15) is 4.98 Å². The Labute approximate surface area is 100 Å². The van der Waals surface area contributed by atoms with Crippen LogP contribution in [0.3, 0.4) is 0 Å². The number of anilines is 2. The second kappa shape index (κ2) is 4.61. The van der Waals surface area contributed by atoms with Gasteiger partial charge in [-0.15, -0.1) is 0 Å². The van der Waals surface area contributed by atoms with E-state index in [-0.39, 0.29) is 23.9 Å². The number of rotatable bonds is 4. The number of aromatic nitrogens is 4. The first-order valence-corrected chi connectivity index (χ1v) is 4.86. The van der Waals surface area contributed by atoms with Gasteiger partial charge in [-0.05, 0) is 6.92 Å². The van der Waals surface area contributed by atoms with E-state index in [1.165, 1.54) is 0 Å². The van der Waals surface area contributed by atoms with E-state index >= 15 is 0 Å². The van der Waals surface area contributed by atoms with E-state index in [1.54, 1.807) is 6.92 Å². The van der Waals surface area contributed by atoms with E-state index in [0.717, 1.165) is 6.33 Å². The predicted molar refractivity (Wildman–Crippen MR) is 59.5 cm³/mol. The number of hydrogen-bond donors (Lipinski definition) is 2. The molecule has 0 spiro atoms. The minimum absolute atomic E-state index is 0.00310. The van der Waals surface area contributed by atoms with Gasteiger partial charge in [0, 0.05) is 0 Å². The Bertz CT molecular complexity index is 582. The third-order valence-corrected chi connectivity index (χ3v) is 2.01. The summed E-state index contributed by atoms with van der Waals surface area (Å²) in [7, 11) is 0. The average molecular weight is 251 g/mol. The van der Waals surface area contributed by atoms with Crippen molar-refractivity contribution in [2.24, 2.45) is 0 Å². The lowest BCUT2D eigenvalue weighted by Crippen LogP contribution is -2.08. The second-order valence-corrected chi connectivity index (χ2v) is 3.30. The maximum Gasteiger partial charge on any atom is 0.352 e. The Kier molecular flexibility index (Phi) is 3.00. The van der Waals surface area contributed by atoms with E-state index in [4.69, 9.17) is 10.3 Å². The molecule has 0 radical (unpaired) electrons. The molecule has 18 heavy (non-hydrogen) atoms. The molecule has 0 saturated carbocycles. The van der Waals surface area contributed by atoms with Gasteiger partial charge in [0.25, 0.3) is 0 Å². The highest BCUT2D eigenvalue weighted by Gasteiger charge is 2.20. The van der Waals surface area contributed by atoms with Crippen molar-refractivity contribution in [1.82, 2.24) is 20.1 Å². The van der Waals surface area contributed by atoms with Crippen molar-refractivity contribution < 1.29 is 9.45 Å². The van der Waals surface area contributed by atoms with Gasteiger partial charge < -0.3 is 15.6 Å². The maximum atomic E-state index is 10.8. The second-order valence-electron chi connectivity index (χ2n) is 3.30. The molecule has 0 fully saturated rings. The van der Waals surface area contributed by atoms with E-state index in [2.05, 4.69) is 25.4 Å². The fourth-order valence-corrected chi connectivity index (χ4v) is 1.27. The topological polar surface area (TPSA) is 146 Å². The summed E-state index contributed by atoms with van der Waals surface area (Å²) in [4.78, 5) is 21.4. The van der Waals surface area contributed by atoms with Crippen LogP contribution in [0.2, 0.25) is 0 Å². The van der Waals surface area contributed by atoms with Gasteiger partial charge in [-0.1, -0.05) is 5.16 Å². The van der Waals surface area contributed by atoms with Crippen LogP contribution in [0.5, 0.6) is 0 Å². The molecule has 2 aromatic heterocycles. The Morgan fingerprint density at radius 3 is 2.94 bits per heavy atom. The van der Waals surface area contributed by atoms with Gasteiger partial charge in [0.05, 0.1) is 11.5 Å². The molecule has 0 bridgehead atoms. The normalized spacial score (nSPS) is 10.3. The summed E-state index contributed by atoms with van der Waals surface area (Å²) in [5, 5.41) is 17.1. The lowest BCUT2D eigenvalue weighted by Gasteiger charge is -2.03. The molecule has 0 aromatic carbocycles. The van der Waals surface area contributed by atoms with Gasteiger partial charge in [0.2, 0.25) is 17.5 Å². The summed E-state index contributed by atoms with van der Waals surface area (Å²) < 4.78 is 4.85. The fraction of sp³-hybridized carbons (Fsp3) is 0.250. The van der Waals surface area contributed by atoms with Crippen LogP contribution in [0, 0.1) is 17.0 Å². The van der Waals surface area contributed by atoms with Crippen LogP contribution in [-0.2, 0) is 6.54 Å². The number of nitrogens with two attached hydrogens (primary N) is 1. The van der Waals surface area contributed by atoms with Crippen LogP contribution >= 0.6 is 0 Å². The van der Waals surface area contributed by atoms with Crippen molar-refractivity contribution in [3.63, 3.8) is 0 Å². The number of aryl methyl sites for hydroxylation is 1. The highest BCUT2D eigenvalue weighted by Crippen LogP contribution is 2.26. The number of hydrogen-bond acceptors (Lipinski definition) is 9. The Morgan fingerprint density at radius 1 is 1.56 bits per heavy atom. The van der Waals surface area contributed by atoms with Crippen LogP contribution < -0.4 is 11.1 Å². The summed E-state index contributed by atoms with van der Waals surface area (Å²) >= 11 is 0. The van der Waals surface area contributed by atoms with Gasteiger partial charge in [-0.3, -0.25) is 10.1 Å². The predicted octanol–water partition coefficient (Wildman–Crippen LogP) is 0.271. The molecule has 0 amide bonds. The quantitative estimate of drug-likeness (QED) is 0.577. The molecule has 2 heterocycles. The van der Waals surface area contributed by atoms with Crippen LogP contribution in [0.1, 0.15) is 11.7 Å². The van der Waals surface area contributed by atoms with Crippen LogP contribution in [-0.4, -0.2) is 25.0 Å². The molecule has 10 nitrogen and oxygen atoms in total. The zero-order valence-corrected chi connectivity index (χ0v) is 9.32. The average Bonchev–Trinajstić information content (AvgIpc) is 2.72. The third-order valence-electron chi connectivity index (χ3n) is 2.01. The first-order valence-electron chi connectivity index (χ1n) is 4.86. The number of nitro groups is 1. The van der Waals surface area contributed by atoms with E-state index in [0.29, 0.717) is 11.7 Å². The van der Waals surface area contributed by atoms with E-state index < -0.39 is 4.92 Å². The van der Waals surface area contributed by atoms with Crippen molar-refractivity contribution in [2.75, 3.05) is 11.1 Å². The number of nitrogens with one attached hydrogen (secondary N) is 1. The molecule has 0 aliphatic rings. The Hall–Kier alpha value is -2.78. The number of nitrogens with zero attached hydrogens (tertiary/aromatic N) is 5. The molecule has 0 saturated heterocycles. The highest BCUT2D eigenvalue weighted by atomic mass is 16.6. The molecule has 0 aliphatic carbocycles. The van der Waals surface area contributed by atoms with Crippen LogP contribution in [0.25, 0.3) is 0 Å². The summed E-state index contributed by atoms with van der Waals surface area (Å²) in [5.41, 5.74) is 5.03. The lowest BCUT2D eigenvalue weighted by molar-refractivity contribution is -0.383. The standard InChI is InChI=1S/C8H9N7O3/c1-4-13-5(18-14-4)2-10-8-6(15(16)17)7(9)11-3-12-8/h3H,2H2,1H3,(H3,9,10,11,12). The lowest BCUT2D eigenvalue weighted by atomic mass is 10.4. The van der Waals surface area contributed by atoms with E-state index in [1.807, 2.05) is 0 Å². The minimum atomic E-state index is -0.656. The zero-order valence-electron chi connectivity index (χ0n) is 9.32. The monoisotopic (exact) mass is 251 g/mol. The maximum absolute atomic E-state index is 10.8. The minimum Gasteiger partial charge on any atom is -0.378 e. The van der Waals surface area contributed by atoms with Crippen LogP contribution in [0.4, 0.5) is 17.3 Å². The molecule has 2 rings (SSSR count). The van der Waals surface area contributed by atoms with Crippen LogP contribution in [0.15, 0.2) is 10.9 Å². The SMILES string of the molecule is Cc1noc(CNc2ncnc(N)c2[N+](=O)[O-])n1. The van der Waals surface area contributed by atoms with Crippen molar-refractivity contribution in [3.05, 3.63) is 28.2 Å². The summed E-state index contributed by atoms with van der Waals surface area (Å²) in [6.07, 6.45) is 1.13. The molecule has 0 atom stereocenters. The van der Waals surface area contributed by atoms with Gasteiger partial charge in [-0.25, -0.2) is 9.97 Å². The van der Waals surface area contributed by atoms with Crippen molar-refractivity contribution in [1.29, 1.82) is 0 Å². The smallest absolute Gasteiger partial charge is 0.352 e. The fourth-order valence-electron chi connectivity index (χ4n) is 1.27. The van der Waals surface area contributed by atoms with Gasteiger partial charge >= 0.3 is 5.69 Å². The molecule has 10 heteroatoms.